The summed E-state index contributed by atoms with van der Waals surface area (Å²) in [7, 11) is 0. The number of imidazole rings is 1. The Hall–Kier alpha value is -1.75. The number of benzene rings is 1. The van der Waals surface area contributed by atoms with Gasteiger partial charge in [0.1, 0.15) is 0 Å². The molecule has 3 rings (SSSR count). The molecule has 1 aromatic carbocycles. The number of aromatic nitrogens is 2. The molecule has 0 aliphatic carbocycles. The molecule has 2 heterocycles. The van der Waals surface area contributed by atoms with Crippen LogP contribution >= 0.6 is 0 Å². The Morgan fingerprint density at radius 2 is 1.95 bits per heavy atom. The second-order valence-corrected chi connectivity index (χ2v) is 5.45. The first-order valence-electron chi connectivity index (χ1n) is 6.88. The molecule has 0 amide bonds. The summed E-state index contributed by atoms with van der Waals surface area (Å²) in [6.45, 7) is 8.73. The number of piperazine rings is 1. The summed E-state index contributed by atoms with van der Waals surface area (Å²) in [5.74, 6) is 0.962. The number of rotatable bonds is 2. The highest BCUT2D eigenvalue weighted by atomic mass is 15.3. The topological polar surface area (TPSA) is 61.2 Å². The SMILES string of the molecule is CC(C)N1CCN(c2nc3ccc(N)cc3[nH]2)CC1. The number of nitrogen functional groups attached to an aromatic ring is 1. The van der Waals surface area contributed by atoms with E-state index in [0.717, 1.165) is 48.8 Å². The van der Waals surface area contributed by atoms with Gasteiger partial charge in [0.15, 0.2) is 0 Å². The maximum atomic E-state index is 5.80. The van der Waals surface area contributed by atoms with E-state index >= 15 is 0 Å². The molecule has 0 atom stereocenters. The zero-order valence-electron chi connectivity index (χ0n) is 11.6. The van der Waals surface area contributed by atoms with Crippen molar-refractivity contribution in [1.29, 1.82) is 0 Å². The van der Waals surface area contributed by atoms with E-state index in [9.17, 15) is 0 Å². The van der Waals surface area contributed by atoms with Crippen molar-refractivity contribution < 1.29 is 0 Å². The molecular formula is C14H21N5. The number of nitrogens with zero attached hydrogens (tertiary/aromatic N) is 3. The number of aromatic amines is 1. The molecule has 1 saturated heterocycles. The molecule has 1 aliphatic rings. The zero-order chi connectivity index (χ0) is 13.4. The van der Waals surface area contributed by atoms with Crippen LogP contribution in [0.25, 0.3) is 11.0 Å². The van der Waals surface area contributed by atoms with E-state index in [1.54, 1.807) is 0 Å². The fraction of sp³-hybridized carbons (Fsp3) is 0.500. The molecule has 0 radical (unpaired) electrons. The smallest absolute Gasteiger partial charge is 0.203 e. The van der Waals surface area contributed by atoms with Gasteiger partial charge in [0.2, 0.25) is 5.95 Å². The lowest BCUT2D eigenvalue weighted by atomic mass is 10.2. The maximum absolute atomic E-state index is 5.80. The molecule has 0 spiro atoms. The van der Waals surface area contributed by atoms with Crippen LogP contribution in [0.5, 0.6) is 0 Å². The highest BCUT2D eigenvalue weighted by Gasteiger charge is 2.20. The lowest BCUT2D eigenvalue weighted by Crippen LogP contribution is -2.49. The number of hydrogen-bond donors (Lipinski definition) is 2. The quantitative estimate of drug-likeness (QED) is 0.806. The Morgan fingerprint density at radius 3 is 2.63 bits per heavy atom. The Labute approximate surface area is 113 Å². The lowest BCUT2D eigenvalue weighted by Gasteiger charge is -2.36. The number of H-pyrrole nitrogens is 1. The van der Waals surface area contributed by atoms with Gasteiger partial charge in [0.25, 0.3) is 0 Å². The minimum Gasteiger partial charge on any atom is -0.399 e. The van der Waals surface area contributed by atoms with Crippen LogP contribution in [0, 0.1) is 0 Å². The van der Waals surface area contributed by atoms with Crippen molar-refractivity contribution in [3.8, 4) is 0 Å². The molecule has 5 heteroatoms. The molecule has 1 aromatic heterocycles. The summed E-state index contributed by atoms with van der Waals surface area (Å²) in [6, 6.07) is 6.42. The molecule has 5 nitrogen and oxygen atoms in total. The van der Waals surface area contributed by atoms with Gasteiger partial charge in [-0.3, -0.25) is 4.90 Å². The number of fused-ring (bicyclic) bond motifs is 1. The third-order valence-electron chi connectivity index (χ3n) is 3.84. The molecule has 1 aliphatic heterocycles. The summed E-state index contributed by atoms with van der Waals surface area (Å²) in [5, 5.41) is 0. The van der Waals surface area contributed by atoms with E-state index in [1.807, 2.05) is 18.2 Å². The number of hydrogen-bond acceptors (Lipinski definition) is 4. The monoisotopic (exact) mass is 259 g/mol. The summed E-state index contributed by atoms with van der Waals surface area (Å²) >= 11 is 0. The van der Waals surface area contributed by atoms with Crippen LogP contribution in [-0.4, -0.2) is 47.1 Å². The zero-order valence-corrected chi connectivity index (χ0v) is 11.6. The predicted octanol–water partition coefficient (Wildman–Crippen LogP) is 1.68. The van der Waals surface area contributed by atoms with Gasteiger partial charge in [0, 0.05) is 37.9 Å². The fourth-order valence-corrected chi connectivity index (χ4v) is 2.61. The van der Waals surface area contributed by atoms with E-state index in [2.05, 4.69) is 33.6 Å². The van der Waals surface area contributed by atoms with Crippen LogP contribution in [0.1, 0.15) is 13.8 Å². The Morgan fingerprint density at radius 1 is 1.21 bits per heavy atom. The van der Waals surface area contributed by atoms with Crippen molar-refractivity contribution in [3.63, 3.8) is 0 Å². The van der Waals surface area contributed by atoms with Gasteiger partial charge < -0.3 is 15.6 Å². The van der Waals surface area contributed by atoms with Gasteiger partial charge in [-0.25, -0.2) is 4.98 Å². The Bertz CT molecular complexity index is 566. The highest BCUT2D eigenvalue weighted by molar-refractivity contribution is 5.80. The van der Waals surface area contributed by atoms with Gasteiger partial charge >= 0.3 is 0 Å². The molecule has 19 heavy (non-hydrogen) atoms. The van der Waals surface area contributed by atoms with Crippen molar-refractivity contribution >= 4 is 22.7 Å². The average Bonchev–Trinajstić information content (AvgIpc) is 2.81. The summed E-state index contributed by atoms with van der Waals surface area (Å²) in [4.78, 5) is 12.8. The normalized spacial score (nSPS) is 17.5. The summed E-state index contributed by atoms with van der Waals surface area (Å²) in [6.07, 6.45) is 0. The third-order valence-corrected chi connectivity index (χ3v) is 3.84. The standard InChI is InChI=1S/C14H21N5/c1-10(2)18-5-7-19(8-6-18)14-16-12-4-3-11(15)9-13(12)17-14/h3-4,9-10H,5-8,15H2,1-2H3,(H,16,17). The van der Waals surface area contributed by atoms with Crippen molar-refractivity contribution in [2.45, 2.75) is 19.9 Å². The minimum absolute atomic E-state index is 0.623. The first kappa shape index (κ1) is 12.3. The van der Waals surface area contributed by atoms with Crippen LogP contribution in [0.15, 0.2) is 18.2 Å². The van der Waals surface area contributed by atoms with Crippen LogP contribution < -0.4 is 10.6 Å². The molecular weight excluding hydrogens is 238 g/mol. The van der Waals surface area contributed by atoms with Crippen LogP contribution in [-0.2, 0) is 0 Å². The van der Waals surface area contributed by atoms with Crippen molar-refractivity contribution in [1.82, 2.24) is 14.9 Å². The molecule has 2 aromatic rings. The largest absolute Gasteiger partial charge is 0.399 e. The molecule has 3 N–H and O–H groups in total. The average molecular weight is 259 g/mol. The number of nitrogens with one attached hydrogen (secondary N) is 1. The van der Waals surface area contributed by atoms with E-state index in [-0.39, 0.29) is 0 Å². The Kier molecular flexibility index (Phi) is 3.06. The van der Waals surface area contributed by atoms with Gasteiger partial charge in [-0.2, -0.15) is 0 Å². The number of nitrogens with two attached hydrogens (primary N) is 1. The van der Waals surface area contributed by atoms with Gasteiger partial charge in [-0.15, -0.1) is 0 Å². The van der Waals surface area contributed by atoms with Gasteiger partial charge in [-0.05, 0) is 32.0 Å². The van der Waals surface area contributed by atoms with Gasteiger partial charge in [-0.1, -0.05) is 0 Å². The van der Waals surface area contributed by atoms with Crippen molar-refractivity contribution in [3.05, 3.63) is 18.2 Å². The van der Waals surface area contributed by atoms with Crippen LogP contribution in [0.3, 0.4) is 0 Å². The van der Waals surface area contributed by atoms with E-state index in [4.69, 9.17) is 5.73 Å². The molecule has 102 valence electrons. The number of anilines is 2. The summed E-state index contributed by atoms with van der Waals surface area (Å²) < 4.78 is 0. The van der Waals surface area contributed by atoms with E-state index < -0.39 is 0 Å². The molecule has 1 fully saturated rings. The van der Waals surface area contributed by atoms with Crippen LogP contribution in [0.2, 0.25) is 0 Å². The second kappa shape index (κ2) is 4.74. The predicted molar refractivity (Wildman–Crippen MR) is 79.4 cm³/mol. The highest BCUT2D eigenvalue weighted by Crippen LogP contribution is 2.20. The Balaban J connectivity index is 1.78. The molecule has 0 unspecified atom stereocenters. The second-order valence-electron chi connectivity index (χ2n) is 5.45. The van der Waals surface area contributed by atoms with Gasteiger partial charge in [0.05, 0.1) is 11.0 Å². The van der Waals surface area contributed by atoms with Crippen molar-refractivity contribution in [2.24, 2.45) is 0 Å². The van der Waals surface area contributed by atoms with E-state index in [1.165, 1.54) is 0 Å². The fourth-order valence-electron chi connectivity index (χ4n) is 2.61. The third kappa shape index (κ3) is 2.38. The lowest BCUT2D eigenvalue weighted by molar-refractivity contribution is 0.208. The molecule has 0 saturated carbocycles. The summed E-state index contributed by atoms with van der Waals surface area (Å²) in [5.41, 5.74) is 8.56. The first-order valence-corrected chi connectivity index (χ1v) is 6.88. The van der Waals surface area contributed by atoms with Crippen molar-refractivity contribution in [2.75, 3.05) is 36.8 Å². The van der Waals surface area contributed by atoms with Crippen LogP contribution in [0.4, 0.5) is 11.6 Å². The molecule has 0 bridgehead atoms. The first-order chi connectivity index (χ1) is 9.13. The minimum atomic E-state index is 0.623. The maximum Gasteiger partial charge on any atom is 0.203 e. The van der Waals surface area contributed by atoms with E-state index in [0.29, 0.717) is 6.04 Å².